The largest absolute Gasteiger partial charge is 0.371 e. The quantitative estimate of drug-likeness (QED) is 0.874. The van der Waals surface area contributed by atoms with Crippen LogP contribution in [0.4, 0.5) is 11.8 Å². The van der Waals surface area contributed by atoms with Gasteiger partial charge in [-0.15, -0.1) is 0 Å². The molecule has 0 saturated carbocycles. The van der Waals surface area contributed by atoms with Crippen molar-refractivity contribution in [1.29, 1.82) is 0 Å². The molecule has 0 aliphatic carbocycles. The molecular formula is C13H18N6O. The second-order valence-electron chi connectivity index (χ2n) is 5.36. The summed E-state index contributed by atoms with van der Waals surface area (Å²) in [5.41, 5.74) is 1.62. The van der Waals surface area contributed by atoms with Gasteiger partial charge in [-0.25, -0.2) is 4.98 Å². The summed E-state index contributed by atoms with van der Waals surface area (Å²) < 4.78 is 5.89. The van der Waals surface area contributed by atoms with E-state index in [1.165, 1.54) is 0 Å². The third kappa shape index (κ3) is 1.89. The van der Waals surface area contributed by atoms with E-state index in [1.54, 1.807) is 6.33 Å². The molecule has 4 rings (SSSR count). The van der Waals surface area contributed by atoms with E-state index in [2.05, 4.69) is 30.2 Å². The van der Waals surface area contributed by atoms with Gasteiger partial charge in [-0.05, 0) is 19.8 Å². The number of anilines is 2. The first-order valence-electron chi connectivity index (χ1n) is 7.19. The fraction of sp³-hybridized carbons (Fsp3) is 0.615. The minimum atomic E-state index is 0.337. The van der Waals surface area contributed by atoms with Crippen molar-refractivity contribution in [3.05, 3.63) is 6.33 Å². The zero-order valence-electron chi connectivity index (χ0n) is 11.5. The molecule has 2 aromatic rings. The number of fused-ring (bicyclic) bond motifs is 3. The smallest absolute Gasteiger partial charge is 0.226 e. The molecule has 2 saturated heterocycles. The third-order valence-electron chi connectivity index (χ3n) is 3.94. The maximum Gasteiger partial charge on any atom is 0.226 e. The first-order valence-corrected chi connectivity index (χ1v) is 7.19. The summed E-state index contributed by atoms with van der Waals surface area (Å²) in [6, 6.07) is 0. The Morgan fingerprint density at radius 1 is 1.35 bits per heavy atom. The molecule has 0 amide bonds. The van der Waals surface area contributed by atoms with E-state index in [9.17, 15) is 0 Å². The van der Waals surface area contributed by atoms with Crippen LogP contribution in [-0.4, -0.2) is 51.8 Å². The second kappa shape index (κ2) is 4.59. The molecule has 106 valence electrons. The maximum atomic E-state index is 5.89. The topological polar surface area (TPSA) is 79.0 Å². The molecule has 2 unspecified atom stereocenters. The summed E-state index contributed by atoms with van der Waals surface area (Å²) >= 11 is 0. The number of hydrogen-bond donors (Lipinski definition) is 2. The number of aromatic amines is 1. The predicted octanol–water partition coefficient (Wildman–Crippen LogP) is 1.15. The van der Waals surface area contributed by atoms with Crippen molar-refractivity contribution in [2.75, 3.05) is 29.9 Å². The Labute approximate surface area is 116 Å². The fourth-order valence-corrected chi connectivity index (χ4v) is 3.07. The number of hydrogen-bond acceptors (Lipinski definition) is 6. The Bertz CT molecular complexity index is 614. The van der Waals surface area contributed by atoms with Gasteiger partial charge in [0.15, 0.2) is 11.5 Å². The van der Waals surface area contributed by atoms with E-state index in [-0.39, 0.29) is 0 Å². The molecule has 7 nitrogen and oxygen atoms in total. The Hall–Kier alpha value is -1.89. The van der Waals surface area contributed by atoms with Crippen LogP contribution in [0.1, 0.15) is 19.8 Å². The number of nitrogens with one attached hydrogen (secondary N) is 2. The highest BCUT2D eigenvalue weighted by molar-refractivity contribution is 5.84. The van der Waals surface area contributed by atoms with Crippen LogP contribution in [0.3, 0.4) is 0 Å². The van der Waals surface area contributed by atoms with E-state index in [0.29, 0.717) is 23.8 Å². The lowest BCUT2D eigenvalue weighted by Crippen LogP contribution is -2.43. The molecule has 20 heavy (non-hydrogen) atoms. The van der Waals surface area contributed by atoms with E-state index in [4.69, 9.17) is 4.74 Å². The maximum absolute atomic E-state index is 5.89. The summed E-state index contributed by atoms with van der Waals surface area (Å²) in [5, 5.41) is 3.17. The average molecular weight is 274 g/mol. The molecule has 2 fully saturated rings. The number of nitrogens with zero attached hydrogens (tertiary/aromatic N) is 4. The Kier molecular flexibility index (Phi) is 2.73. The Balaban J connectivity index is 1.75. The Morgan fingerprint density at radius 3 is 2.90 bits per heavy atom. The summed E-state index contributed by atoms with van der Waals surface area (Å²) in [7, 11) is 0. The molecule has 0 aromatic carbocycles. The number of aromatic nitrogens is 4. The summed E-state index contributed by atoms with van der Waals surface area (Å²) in [6.45, 7) is 4.62. The van der Waals surface area contributed by atoms with Crippen molar-refractivity contribution in [3.63, 3.8) is 0 Å². The standard InChI is InChI=1S/C13H18N6O/c1-2-14-13-17-11-10(15-7-16-11)12(18-13)19-5-8-3-4-9(6-19)20-8/h7-9H,2-6H2,1H3,(H2,14,15,16,17,18). The fourth-order valence-electron chi connectivity index (χ4n) is 3.07. The molecular weight excluding hydrogens is 256 g/mol. The van der Waals surface area contributed by atoms with E-state index >= 15 is 0 Å². The first kappa shape index (κ1) is 11.9. The second-order valence-corrected chi connectivity index (χ2v) is 5.36. The number of imidazole rings is 1. The van der Waals surface area contributed by atoms with E-state index in [0.717, 1.165) is 43.8 Å². The lowest BCUT2D eigenvalue weighted by atomic mass is 10.2. The van der Waals surface area contributed by atoms with Gasteiger partial charge in [-0.2, -0.15) is 9.97 Å². The highest BCUT2D eigenvalue weighted by Crippen LogP contribution is 2.31. The molecule has 0 radical (unpaired) electrons. The van der Waals surface area contributed by atoms with Crippen LogP contribution < -0.4 is 10.2 Å². The molecule has 2 atom stereocenters. The van der Waals surface area contributed by atoms with Gasteiger partial charge in [0.1, 0.15) is 5.52 Å². The van der Waals surface area contributed by atoms with Gasteiger partial charge in [0.05, 0.1) is 18.5 Å². The molecule has 0 spiro atoms. The van der Waals surface area contributed by atoms with E-state index in [1.807, 2.05) is 6.92 Å². The lowest BCUT2D eigenvalue weighted by Gasteiger charge is -2.33. The number of ether oxygens (including phenoxy) is 1. The molecule has 7 heteroatoms. The molecule has 2 aromatic heterocycles. The van der Waals surface area contributed by atoms with Gasteiger partial charge >= 0.3 is 0 Å². The van der Waals surface area contributed by atoms with Crippen LogP contribution in [0.2, 0.25) is 0 Å². The van der Waals surface area contributed by atoms with Crippen LogP contribution in [0.15, 0.2) is 6.33 Å². The highest BCUT2D eigenvalue weighted by Gasteiger charge is 2.35. The Morgan fingerprint density at radius 2 is 2.15 bits per heavy atom. The van der Waals surface area contributed by atoms with Crippen LogP contribution in [0.25, 0.3) is 11.2 Å². The van der Waals surface area contributed by atoms with Crippen molar-refractivity contribution in [1.82, 2.24) is 19.9 Å². The molecule has 2 aliphatic heterocycles. The normalized spacial score (nSPS) is 25.4. The zero-order chi connectivity index (χ0) is 13.5. The van der Waals surface area contributed by atoms with Gasteiger partial charge < -0.3 is 19.9 Å². The van der Waals surface area contributed by atoms with Crippen LogP contribution in [-0.2, 0) is 4.74 Å². The van der Waals surface area contributed by atoms with E-state index < -0.39 is 0 Å². The van der Waals surface area contributed by atoms with Crippen molar-refractivity contribution in [2.24, 2.45) is 0 Å². The predicted molar refractivity (Wildman–Crippen MR) is 76.0 cm³/mol. The van der Waals surface area contributed by atoms with Crippen molar-refractivity contribution >= 4 is 22.9 Å². The number of morpholine rings is 1. The summed E-state index contributed by atoms with van der Waals surface area (Å²) in [4.78, 5) is 18.8. The highest BCUT2D eigenvalue weighted by atomic mass is 16.5. The van der Waals surface area contributed by atoms with Gasteiger partial charge in [0.2, 0.25) is 5.95 Å². The average Bonchev–Trinajstić information content (AvgIpc) is 3.04. The van der Waals surface area contributed by atoms with Gasteiger partial charge in [-0.3, -0.25) is 0 Å². The molecule has 4 heterocycles. The van der Waals surface area contributed by atoms with Crippen molar-refractivity contribution in [2.45, 2.75) is 32.0 Å². The summed E-state index contributed by atoms with van der Waals surface area (Å²) in [5.74, 6) is 1.57. The summed E-state index contributed by atoms with van der Waals surface area (Å²) in [6.07, 6.45) is 4.65. The van der Waals surface area contributed by atoms with Gasteiger partial charge in [0, 0.05) is 19.6 Å². The first-order chi connectivity index (χ1) is 9.83. The molecule has 2 bridgehead atoms. The van der Waals surface area contributed by atoms with Crippen molar-refractivity contribution < 1.29 is 4.74 Å². The minimum Gasteiger partial charge on any atom is -0.371 e. The van der Waals surface area contributed by atoms with Crippen molar-refractivity contribution in [3.8, 4) is 0 Å². The number of rotatable bonds is 3. The molecule has 2 N–H and O–H groups in total. The number of H-pyrrole nitrogens is 1. The zero-order valence-corrected chi connectivity index (χ0v) is 11.5. The monoisotopic (exact) mass is 274 g/mol. The minimum absolute atomic E-state index is 0.337. The van der Waals surface area contributed by atoms with Crippen LogP contribution in [0.5, 0.6) is 0 Å². The lowest BCUT2D eigenvalue weighted by molar-refractivity contribution is 0.0303. The molecule has 2 aliphatic rings. The third-order valence-corrected chi connectivity index (χ3v) is 3.94. The van der Waals surface area contributed by atoms with Gasteiger partial charge in [-0.1, -0.05) is 0 Å². The SMILES string of the molecule is CCNc1nc(N2CC3CCC(C2)O3)c2[nH]cnc2n1. The van der Waals surface area contributed by atoms with Crippen LogP contribution in [0, 0.1) is 0 Å². The van der Waals surface area contributed by atoms with Gasteiger partial charge in [0.25, 0.3) is 0 Å². The van der Waals surface area contributed by atoms with Crippen LogP contribution >= 0.6 is 0 Å².